The number of carbonyl (C=O) groups excluding carboxylic acids is 2. The molecule has 2 rings (SSSR count). The molecular formula is C17H27N3O3. The van der Waals surface area contributed by atoms with Gasteiger partial charge in [-0.2, -0.15) is 0 Å². The Labute approximate surface area is 138 Å². The molecule has 0 bridgehead atoms. The number of aromatic nitrogens is 1. The second kappa shape index (κ2) is 7.64. The fraction of sp³-hybridized carbons (Fsp3) is 0.647. The van der Waals surface area contributed by atoms with Gasteiger partial charge < -0.3 is 19.1 Å². The minimum atomic E-state index is -0.177. The topological polar surface area (TPSA) is 54.8 Å². The first kappa shape index (κ1) is 17.5. The van der Waals surface area contributed by atoms with Crippen molar-refractivity contribution in [3.8, 4) is 0 Å². The SMILES string of the molecule is CC(C)CC(=O)N1Cc2cccn2CC(OCC(=O)N(C)C)C1. The van der Waals surface area contributed by atoms with Crippen LogP contribution in [0.3, 0.4) is 0 Å². The molecule has 1 unspecified atom stereocenters. The highest BCUT2D eigenvalue weighted by Crippen LogP contribution is 2.17. The van der Waals surface area contributed by atoms with Crippen LogP contribution in [-0.4, -0.2) is 59.5 Å². The molecule has 6 heteroatoms. The minimum Gasteiger partial charge on any atom is -0.365 e. The zero-order chi connectivity index (χ0) is 17.0. The van der Waals surface area contributed by atoms with E-state index in [0.29, 0.717) is 32.0 Å². The number of amides is 2. The molecule has 2 amide bonds. The third-order valence-corrected chi connectivity index (χ3v) is 3.98. The highest BCUT2D eigenvalue weighted by atomic mass is 16.5. The van der Waals surface area contributed by atoms with Gasteiger partial charge in [0.1, 0.15) is 6.61 Å². The smallest absolute Gasteiger partial charge is 0.248 e. The highest BCUT2D eigenvalue weighted by Gasteiger charge is 2.26. The molecular weight excluding hydrogens is 294 g/mol. The number of fused-ring (bicyclic) bond motifs is 1. The van der Waals surface area contributed by atoms with E-state index in [0.717, 1.165) is 5.69 Å². The Hall–Kier alpha value is -1.82. The van der Waals surface area contributed by atoms with Gasteiger partial charge in [0.05, 0.1) is 19.2 Å². The summed E-state index contributed by atoms with van der Waals surface area (Å²) in [5.41, 5.74) is 1.10. The van der Waals surface area contributed by atoms with E-state index >= 15 is 0 Å². The van der Waals surface area contributed by atoms with Gasteiger partial charge in [-0.15, -0.1) is 0 Å². The van der Waals surface area contributed by atoms with Crippen LogP contribution in [0.1, 0.15) is 26.0 Å². The first-order valence-corrected chi connectivity index (χ1v) is 8.10. The highest BCUT2D eigenvalue weighted by molar-refractivity contribution is 5.77. The predicted octanol–water partition coefficient (Wildman–Crippen LogP) is 1.35. The maximum absolute atomic E-state index is 12.5. The summed E-state index contributed by atoms with van der Waals surface area (Å²) in [6.07, 6.45) is 2.35. The fourth-order valence-electron chi connectivity index (χ4n) is 2.65. The van der Waals surface area contributed by atoms with Crippen LogP contribution in [0.2, 0.25) is 0 Å². The molecule has 0 aliphatic carbocycles. The summed E-state index contributed by atoms with van der Waals surface area (Å²) < 4.78 is 7.90. The summed E-state index contributed by atoms with van der Waals surface area (Å²) in [4.78, 5) is 27.6. The Balaban J connectivity index is 2.07. The largest absolute Gasteiger partial charge is 0.365 e. The van der Waals surface area contributed by atoms with Crippen molar-refractivity contribution >= 4 is 11.8 Å². The van der Waals surface area contributed by atoms with Crippen LogP contribution in [0.15, 0.2) is 18.3 Å². The third kappa shape index (κ3) is 4.82. The molecule has 0 fully saturated rings. The Morgan fingerprint density at radius 3 is 2.74 bits per heavy atom. The normalized spacial score (nSPS) is 17.8. The van der Waals surface area contributed by atoms with Crippen LogP contribution in [0, 0.1) is 5.92 Å². The van der Waals surface area contributed by atoms with Gasteiger partial charge in [-0.3, -0.25) is 9.59 Å². The van der Waals surface area contributed by atoms with Crippen molar-refractivity contribution < 1.29 is 14.3 Å². The lowest BCUT2D eigenvalue weighted by molar-refractivity contribution is -0.138. The van der Waals surface area contributed by atoms with Crippen molar-refractivity contribution in [2.24, 2.45) is 5.92 Å². The molecule has 1 aliphatic rings. The predicted molar refractivity (Wildman–Crippen MR) is 87.7 cm³/mol. The number of ether oxygens (including phenoxy) is 1. The van der Waals surface area contributed by atoms with Crippen molar-refractivity contribution in [1.29, 1.82) is 0 Å². The van der Waals surface area contributed by atoms with Crippen LogP contribution in [0.5, 0.6) is 0 Å². The second-order valence-corrected chi connectivity index (χ2v) is 6.75. The van der Waals surface area contributed by atoms with Crippen molar-refractivity contribution in [3.63, 3.8) is 0 Å². The Bertz CT molecular complexity index is 551. The number of rotatable bonds is 5. The third-order valence-electron chi connectivity index (χ3n) is 3.98. The van der Waals surface area contributed by atoms with E-state index in [9.17, 15) is 9.59 Å². The first-order valence-electron chi connectivity index (χ1n) is 8.10. The van der Waals surface area contributed by atoms with Gasteiger partial charge >= 0.3 is 0 Å². The van der Waals surface area contributed by atoms with E-state index in [-0.39, 0.29) is 24.5 Å². The van der Waals surface area contributed by atoms with Gasteiger partial charge in [-0.05, 0) is 18.1 Å². The minimum absolute atomic E-state index is 0.0421. The molecule has 0 radical (unpaired) electrons. The van der Waals surface area contributed by atoms with Crippen LogP contribution in [0.25, 0.3) is 0 Å². The molecule has 0 saturated heterocycles. The van der Waals surface area contributed by atoms with Crippen LogP contribution >= 0.6 is 0 Å². The Kier molecular flexibility index (Phi) is 5.82. The van der Waals surface area contributed by atoms with Crippen molar-refractivity contribution in [1.82, 2.24) is 14.4 Å². The summed E-state index contributed by atoms with van der Waals surface area (Å²) in [5.74, 6) is 0.399. The number of likely N-dealkylation sites (N-methyl/N-ethyl adjacent to an activating group) is 1. The first-order chi connectivity index (χ1) is 10.9. The Morgan fingerprint density at radius 1 is 1.35 bits per heavy atom. The zero-order valence-corrected chi connectivity index (χ0v) is 14.5. The van der Waals surface area contributed by atoms with Gasteiger partial charge in [0.2, 0.25) is 11.8 Å². The van der Waals surface area contributed by atoms with Crippen LogP contribution < -0.4 is 0 Å². The number of hydrogen-bond acceptors (Lipinski definition) is 3. The van der Waals surface area contributed by atoms with E-state index in [1.165, 1.54) is 4.90 Å². The molecule has 128 valence electrons. The van der Waals surface area contributed by atoms with E-state index in [1.54, 1.807) is 14.1 Å². The summed E-state index contributed by atoms with van der Waals surface area (Å²) in [6.45, 7) is 5.91. The lowest BCUT2D eigenvalue weighted by atomic mass is 10.1. The van der Waals surface area contributed by atoms with Crippen molar-refractivity contribution in [2.75, 3.05) is 27.2 Å². The molecule has 6 nitrogen and oxygen atoms in total. The average Bonchev–Trinajstić information content (AvgIpc) is 2.82. The second-order valence-electron chi connectivity index (χ2n) is 6.75. The summed E-state index contributed by atoms with van der Waals surface area (Å²) in [7, 11) is 3.42. The summed E-state index contributed by atoms with van der Waals surface area (Å²) in [5, 5.41) is 0. The quantitative estimate of drug-likeness (QED) is 0.822. The molecule has 1 aromatic rings. The lowest BCUT2D eigenvalue weighted by Gasteiger charge is -2.25. The Morgan fingerprint density at radius 2 is 2.09 bits per heavy atom. The molecule has 1 aliphatic heterocycles. The van der Waals surface area contributed by atoms with E-state index < -0.39 is 0 Å². The molecule has 0 saturated carbocycles. The molecule has 1 aromatic heterocycles. The monoisotopic (exact) mass is 321 g/mol. The van der Waals surface area contributed by atoms with Gasteiger partial charge in [-0.1, -0.05) is 13.8 Å². The molecule has 1 atom stereocenters. The van der Waals surface area contributed by atoms with Crippen LogP contribution in [-0.2, 0) is 27.4 Å². The van der Waals surface area contributed by atoms with Gasteiger partial charge in [-0.25, -0.2) is 0 Å². The molecule has 2 heterocycles. The standard InChI is InChI=1S/C17H27N3O3/c1-13(2)8-16(21)20-9-14-6-5-7-19(14)10-15(11-20)23-12-17(22)18(3)4/h5-7,13,15H,8-12H2,1-4H3. The van der Waals surface area contributed by atoms with Gasteiger partial charge in [0, 0.05) is 39.0 Å². The number of carbonyl (C=O) groups is 2. The van der Waals surface area contributed by atoms with Gasteiger partial charge in [0.25, 0.3) is 0 Å². The zero-order valence-electron chi connectivity index (χ0n) is 14.5. The molecule has 23 heavy (non-hydrogen) atoms. The molecule has 0 aromatic carbocycles. The van der Waals surface area contributed by atoms with E-state index in [4.69, 9.17) is 4.74 Å². The number of nitrogens with zero attached hydrogens (tertiary/aromatic N) is 3. The van der Waals surface area contributed by atoms with Crippen molar-refractivity contribution in [3.05, 3.63) is 24.0 Å². The lowest BCUT2D eigenvalue weighted by Crippen LogP contribution is -2.39. The van der Waals surface area contributed by atoms with E-state index in [1.807, 2.05) is 37.1 Å². The average molecular weight is 321 g/mol. The van der Waals surface area contributed by atoms with Crippen LogP contribution in [0.4, 0.5) is 0 Å². The van der Waals surface area contributed by atoms with Gasteiger partial charge in [0.15, 0.2) is 0 Å². The maximum Gasteiger partial charge on any atom is 0.248 e. The molecule has 0 spiro atoms. The van der Waals surface area contributed by atoms with E-state index in [2.05, 4.69) is 4.57 Å². The molecule has 0 N–H and O–H groups in total. The maximum atomic E-state index is 12.5. The number of hydrogen-bond donors (Lipinski definition) is 0. The summed E-state index contributed by atoms with van der Waals surface area (Å²) in [6, 6.07) is 4.01. The summed E-state index contributed by atoms with van der Waals surface area (Å²) >= 11 is 0. The fourth-order valence-corrected chi connectivity index (χ4v) is 2.65. The van der Waals surface area contributed by atoms with Crippen molar-refractivity contribution in [2.45, 2.75) is 39.5 Å².